The number of benzene rings is 2. The highest BCUT2D eigenvalue weighted by molar-refractivity contribution is 5.95. The van der Waals surface area contributed by atoms with Gasteiger partial charge in [0.15, 0.2) is 5.78 Å². The number of pyridine rings is 1. The summed E-state index contributed by atoms with van der Waals surface area (Å²) in [5.74, 6) is 1.47. The van der Waals surface area contributed by atoms with E-state index >= 15 is 0 Å². The maximum atomic E-state index is 12.9. The van der Waals surface area contributed by atoms with E-state index in [4.69, 9.17) is 15.2 Å². The summed E-state index contributed by atoms with van der Waals surface area (Å²) in [6, 6.07) is 15.7. The molecule has 2 N–H and O–H groups in total. The van der Waals surface area contributed by atoms with Gasteiger partial charge in [-0.05, 0) is 70.5 Å². The summed E-state index contributed by atoms with van der Waals surface area (Å²) in [6.45, 7) is 8.97. The summed E-state index contributed by atoms with van der Waals surface area (Å²) >= 11 is 0. The lowest BCUT2D eigenvalue weighted by Gasteiger charge is -2.27. The van der Waals surface area contributed by atoms with E-state index < -0.39 is 0 Å². The predicted octanol–water partition coefficient (Wildman–Crippen LogP) is 5.47. The van der Waals surface area contributed by atoms with Gasteiger partial charge in [-0.3, -0.25) is 9.59 Å². The van der Waals surface area contributed by atoms with Crippen LogP contribution in [0.4, 0.5) is 5.82 Å². The maximum absolute atomic E-state index is 12.9. The third kappa shape index (κ3) is 6.26. The molecule has 1 unspecified atom stereocenters. The predicted molar refractivity (Wildman–Crippen MR) is 157 cm³/mol. The fourth-order valence-corrected chi connectivity index (χ4v) is 5.26. The van der Waals surface area contributed by atoms with Crippen LogP contribution < -0.4 is 10.5 Å². The van der Waals surface area contributed by atoms with Gasteiger partial charge in [0.2, 0.25) is 0 Å². The molecule has 3 heterocycles. The molecule has 40 heavy (non-hydrogen) atoms. The number of aromatic nitrogens is 1. The van der Waals surface area contributed by atoms with E-state index in [0.29, 0.717) is 50.5 Å². The first-order chi connectivity index (χ1) is 19.2. The summed E-state index contributed by atoms with van der Waals surface area (Å²) in [5, 5.41) is 0. The number of carbonyl (C=O) groups is 2. The first kappa shape index (κ1) is 27.6. The number of fused-ring (bicyclic) bond motifs is 1. The van der Waals surface area contributed by atoms with E-state index in [-0.39, 0.29) is 23.2 Å². The number of nitrogens with zero attached hydrogens (tertiary/aromatic N) is 2. The zero-order chi connectivity index (χ0) is 28.3. The van der Waals surface area contributed by atoms with Gasteiger partial charge in [0.05, 0.1) is 13.2 Å². The first-order valence-corrected chi connectivity index (χ1v) is 13.9. The molecule has 0 saturated carbocycles. The van der Waals surface area contributed by atoms with Gasteiger partial charge < -0.3 is 20.1 Å². The lowest BCUT2D eigenvalue weighted by molar-refractivity contribution is -0.115. The number of rotatable bonds is 7. The molecule has 0 radical (unpaired) electrons. The maximum Gasteiger partial charge on any atom is 0.254 e. The molecular formula is C33H37N3O4. The van der Waals surface area contributed by atoms with E-state index in [0.717, 1.165) is 34.4 Å². The number of morpholine rings is 1. The summed E-state index contributed by atoms with van der Waals surface area (Å²) in [6.07, 6.45) is 6.71. The molecule has 0 bridgehead atoms. The molecule has 1 amide bonds. The lowest BCUT2D eigenvalue weighted by Crippen LogP contribution is -2.40. The minimum atomic E-state index is -0.0857. The number of anilines is 1. The highest BCUT2D eigenvalue weighted by atomic mass is 16.5. The van der Waals surface area contributed by atoms with Crippen LogP contribution in [0.1, 0.15) is 60.7 Å². The molecule has 2 aliphatic rings. The minimum Gasteiger partial charge on any atom is -0.489 e. The highest BCUT2D eigenvalue weighted by Gasteiger charge is 2.32. The molecule has 7 nitrogen and oxygen atoms in total. The summed E-state index contributed by atoms with van der Waals surface area (Å²) in [5.41, 5.74) is 11.6. The van der Waals surface area contributed by atoms with Crippen molar-refractivity contribution < 1.29 is 19.1 Å². The molecule has 0 aliphatic carbocycles. The second kappa shape index (κ2) is 11.6. The van der Waals surface area contributed by atoms with Crippen LogP contribution in [-0.4, -0.2) is 54.0 Å². The molecule has 2 aliphatic heterocycles. The normalized spacial score (nSPS) is 17.1. The van der Waals surface area contributed by atoms with Crippen LogP contribution in [0.5, 0.6) is 5.75 Å². The number of nitrogens with two attached hydrogens (primary N) is 1. The number of nitrogen functional groups attached to an aromatic ring is 1. The van der Waals surface area contributed by atoms with Crippen LogP contribution in [0.15, 0.2) is 60.8 Å². The van der Waals surface area contributed by atoms with Crippen LogP contribution in [0.2, 0.25) is 0 Å². The first-order valence-electron chi connectivity index (χ1n) is 13.9. The molecule has 3 aromatic rings. The molecule has 2 aromatic carbocycles. The molecule has 1 fully saturated rings. The number of hydrogen-bond donors (Lipinski definition) is 1. The van der Waals surface area contributed by atoms with Crippen molar-refractivity contribution >= 4 is 23.6 Å². The standard InChI is InChI=1S/C33H37N3O4/c1-33(2,3)29-14-13-27(23-6-8-24(9-7-23)32(38)36-16-18-39-19-17-36)28-20-26(40-31(28)29)12-11-25(37)10-4-22-5-15-30(34)35-21-22/h4-10,13-15,21,26H,11-12,16-20H2,1-3H3,(H2,34,35)/b10-4+. The van der Waals surface area contributed by atoms with Gasteiger partial charge in [-0.15, -0.1) is 0 Å². The SMILES string of the molecule is CC(C)(C)c1ccc(-c2ccc(C(=O)N3CCOCC3)cc2)c2c1OC(CCC(=O)/C=C/c1ccc(N)nc1)C2. The van der Waals surface area contributed by atoms with Gasteiger partial charge in [0.25, 0.3) is 5.91 Å². The van der Waals surface area contributed by atoms with E-state index in [1.807, 2.05) is 35.2 Å². The highest BCUT2D eigenvalue weighted by Crippen LogP contribution is 2.44. The van der Waals surface area contributed by atoms with Gasteiger partial charge in [-0.2, -0.15) is 0 Å². The molecule has 208 valence electrons. The third-order valence-corrected chi connectivity index (χ3v) is 7.51. The van der Waals surface area contributed by atoms with Crippen LogP contribution in [0, 0.1) is 0 Å². The third-order valence-electron chi connectivity index (χ3n) is 7.51. The van der Waals surface area contributed by atoms with E-state index in [1.54, 1.807) is 24.4 Å². The summed E-state index contributed by atoms with van der Waals surface area (Å²) < 4.78 is 11.9. The van der Waals surface area contributed by atoms with Crippen molar-refractivity contribution in [3.63, 3.8) is 0 Å². The van der Waals surface area contributed by atoms with Gasteiger partial charge in [-0.25, -0.2) is 4.98 Å². The minimum absolute atomic E-state index is 0.0398. The zero-order valence-electron chi connectivity index (χ0n) is 23.5. The molecule has 1 aromatic heterocycles. The monoisotopic (exact) mass is 539 g/mol. The van der Waals surface area contributed by atoms with Gasteiger partial charge >= 0.3 is 0 Å². The second-order valence-corrected chi connectivity index (χ2v) is 11.5. The van der Waals surface area contributed by atoms with Gasteiger partial charge in [-0.1, -0.05) is 45.0 Å². The Bertz CT molecular complexity index is 1400. The molecule has 7 heteroatoms. The van der Waals surface area contributed by atoms with E-state index in [9.17, 15) is 9.59 Å². The fourth-order valence-electron chi connectivity index (χ4n) is 5.26. The number of hydrogen-bond acceptors (Lipinski definition) is 6. The number of ketones is 1. The Hall–Kier alpha value is -3.97. The summed E-state index contributed by atoms with van der Waals surface area (Å²) in [4.78, 5) is 31.4. The molecule has 1 atom stereocenters. The lowest BCUT2D eigenvalue weighted by atomic mass is 9.83. The number of amides is 1. The largest absolute Gasteiger partial charge is 0.489 e. The topological polar surface area (TPSA) is 94.8 Å². The molecule has 5 rings (SSSR count). The van der Waals surface area contributed by atoms with Crippen molar-refractivity contribution in [3.05, 3.63) is 83.1 Å². The van der Waals surface area contributed by atoms with Crippen LogP contribution in [0.25, 0.3) is 17.2 Å². The van der Waals surface area contributed by atoms with Crippen molar-refractivity contribution in [3.8, 4) is 16.9 Å². The fraction of sp³-hybridized carbons (Fsp3) is 0.364. The van der Waals surface area contributed by atoms with Crippen LogP contribution >= 0.6 is 0 Å². The number of ether oxygens (including phenoxy) is 2. The second-order valence-electron chi connectivity index (χ2n) is 11.5. The average Bonchev–Trinajstić information content (AvgIpc) is 3.39. The van der Waals surface area contributed by atoms with E-state index in [1.165, 1.54) is 5.56 Å². The molecular weight excluding hydrogens is 502 g/mol. The van der Waals surface area contributed by atoms with Gasteiger partial charge in [0.1, 0.15) is 17.7 Å². The molecule has 1 saturated heterocycles. The Labute approximate surface area is 236 Å². The summed E-state index contributed by atoms with van der Waals surface area (Å²) in [7, 11) is 0. The Morgan fingerprint density at radius 1 is 1.05 bits per heavy atom. The van der Waals surface area contributed by atoms with Crippen molar-refractivity contribution in [2.75, 3.05) is 32.0 Å². The van der Waals surface area contributed by atoms with E-state index in [2.05, 4.69) is 37.9 Å². The van der Waals surface area contributed by atoms with Crippen molar-refractivity contribution in [2.45, 2.75) is 51.6 Å². The smallest absolute Gasteiger partial charge is 0.254 e. The van der Waals surface area contributed by atoms with Crippen molar-refractivity contribution in [2.24, 2.45) is 0 Å². The quantitative estimate of drug-likeness (QED) is 0.400. The Morgan fingerprint density at radius 2 is 1.80 bits per heavy atom. The Kier molecular flexibility index (Phi) is 8.03. The zero-order valence-corrected chi connectivity index (χ0v) is 23.5. The Morgan fingerprint density at radius 3 is 2.48 bits per heavy atom. The van der Waals surface area contributed by atoms with Crippen LogP contribution in [-0.2, 0) is 21.4 Å². The number of allylic oxidation sites excluding steroid dienone is 1. The van der Waals surface area contributed by atoms with Crippen molar-refractivity contribution in [1.29, 1.82) is 0 Å². The van der Waals surface area contributed by atoms with Crippen molar-refractivity contribution in [1.82, 2.24) is 9.88 Å². The molecule has 0 spiro atoms. The Balaban J connectivity index is 1.31. The van der Waals surface area contributed by atoms with Gasteiger partial charge in [0, 0.05) is 43.3 Å². The average molecular weight is 540 g/mol. The number of carbonyl (C=O) groups excluding carboxylic acids is 2. The van der Waals surface area contributed by atoms with Crippen LogP contribution in [0.3, 0.4) is 0 Å².